The van der Waals surface area contributed by atoms with E-state index in [1.807, 2.05) is 6.07 Å². The van der Waals surface area contributed by atoms with E-state index in [-0.39, 0.29) is 17.2 Å². The molecule has 0 aliphatic heterocycles. The number of halogens is 2. The van der Waals surface area contributed by atoms with E-state index in [0.29, 0.717) is 10.6 Å². The molecule has 20 heavy (non-hydrogen) atoms. The zero-order valence-corrected chi connectivity index (χ0v) is 11.8. The van der Waals surface area contributed by atoms with Gasteiger partial charge in [-0.25, -0.2) is 4.79 Å². The second kappa shape index (κ2) is 6.42. The maximum absolute atomic E-state index is 11.9. The molecule has 0 spiro atoms. The normalized spacial score (nSPS) is 9.85. The smallest absolute Gasteiger partial charge is 0.340 e. The number of hydrogen-bond donors (Lipinski definition) is 0. The Morgan fingerprint density at radius 1 is 1.20 bits per heavy atom. The van der Waals surface area contributed by atoms with Gasteiger partial charge in [0, 0.05) is 0 Å². The van der Waals surface area contributed by atoms with Crippen LogP contribution >= 0.6 is 23.2 Å². The fraction of sp³-hybridized carbons (Fsp3) is 0.0667. The lowest BCUT2D eigenvalue weighted by Crippen LogP contribution is -2.06. The van der Waals surface area contributed by atoms with Crippen LogP contribution in [-0.4, -0.2) is 5.97 Å². The van der Waals surface area contributed by atoms with Crippen molar-refractivity contribution in [2.75, 3.05) is 0 Å². The average Bonchev–Trinajstić information content (AvgIpc) is 2.48. The van der Waals surface area contributed by atoms with Crippen LogP contribution in [0.3, 0.4) is 0 Å². The van der Waals surface area contributed by atoms with Gasteiger partial charge in [0.05, 0.1) is 27.2 Å². The third-order valence-corrected chi connectivity index (χ3v) is 3.42. The molecule has 0 fully saturated rings. The Bertz CT molecular complexity index is 693. The molecule has 2 aromatic carbocycles. The molecule has 2 aromatic rings. The van der Waals surface area contributed by atoms with Gasteiger partial charge in [0.15, 0.2) is 0 Å². The number of nitriles is 1. The van der Waals surface area contributed by atoms with Gasteiger partial charge in [0.1, 0.15) is 6.61 Å². The van der Waals surface area contributed by atoms with E-state index in [4.69, 9.17) is 33.2 Å². The summed E-state index contributed by atoms with van der Waals surface area (Å²) in [6.45, 7) is 0.0667. The number of rotatable bonds is 3. The third kappa shape index (κ3) is 3.30. The molecule has 0 aliphatic rings. The van der Waals surface area contributed by atoms with Crippen molar-refractivity contribution in [3.8, 4) is 6.07 Å². The molecule has 5 heteroatoms. The molecule has 0 unspecified atom stereocenters. The maximum atomic E-state index is 11.9. The summed E-state index contributed by atoms with van der Waals surface area (Å²) in [6.07, 6.45) is 0. The molecule has 0 radical (unpaired) electrons. The first-order valence-corrected chi connectivity index (χ1v) is 6.47. The largest absolute Gasteiger partial charge is 0.457 e. The lowest BCUT2D eigenvalue weighted by Gasteiger charge is -2.07. The third-order valence-electron chi connectivity index (χ3n) is 2.60. The number of nitrogens with zero attached hydrogens (tertiary/aromatic N) is 1. The molecule has 0 amide bonds. The number of ether oxygens (including phenoxy) is 1. The van der Waals surface area contributed by atoms with Crippen LogP contribution in [0.15, 0.2) is 42.5 Å². The molecule has 0 heterocycles. The van der Waals surface area contributed by atoms with E-state index < -0.39 is 5.97 Å². The van der Waals surface area contributed by atoms with Gasteiger partial charge >= 0.3 is 5.97 Å². The van der Waals surface area contributed by atoms with Gasteiger partial charge in [0.2, 0.25) is 0 Å². The van der Waals surface area contributed by atoms with Crippen molar-refractivity contribution in [1.82, 2.24) is 0 Å². The SMILES string of the molecule is N#Cc1cccc(COC(=O)c2cccc(Cl)c2Cl)c1. The van der Waals surface area contributed by atoms with Gasteiger partial charge in [0.25, 0.3) is 0 Å². The highest BCUT2D eigenvalue weighted by molar-refractivity contribution is 6.43. The van der Waals surface area contributed by atoms with Crippen molar-refractivity contribution >= 4 is 29.2 Å². The summed E-state index contributed by atoms with van der Waals surface area (Å²) in [5, 5.41) is 9.26. The molecule has 2 rings (SSSR count). The molecular weight excluding hydrogens is 297 g/mol. The summed E-state index contributed by atoms with van der Waals surface area (Å²) in [5.41, 5.74) is 1.46. The van der Waals surface area contributed by atoms with Crippen molar-refractivity contribution in [2.24, 2.45) is 0 Å². The topological polar surface area (TPSA) is 50.1 Å². The molecule has 0 bridgehead atoms. The van der Waals surface area contributed by atoms with Gasteiger partial charge in [-0.15, -0.1) is 0 Å². The molecule has 0 saturated carbocycles. The number of carbonyl (C=O) groups excluding carboxylic acids is 1. The number of hydrogen-bond acceptors (Lipinski definition) is 3. The molecule has 0 aliphatic carbocycles. The van der Waals surface area contributed by atoms with E-state index in [9.17, 15) is 4.79 Å². The number of esters is 1. The second-order valence-corrected chi connectivity index (χ2v) is 4.77. The van der Waals surface area contributed by atoms with Crippen LogP contribution in [0.2, 0.25) is 10.0 Å². The van der Waals surface area contributed by atoms with E-state index in [0.717, 1.165) is 5.56 Å². The van der Waals surface area contributed by atoms with E-state index in [2.05, 4.69) is 0 Å². The molecule has 3 nitrogen and oxygen atoms in total. The fourth-order valence-corrected chi connectivity index (χ4v) is 2.00. The fourth-order valence-electron chi connectivity index (χ4n) is 1.62. The van der Waals surface area contributed by atoms with Gasteiger partial charge in [-0.1, -0.05) is 41.4 Å². The molecule has 0 N–H and O–H groups in total. The second-order valence-electron chi connectivity index (χ2n) is 3.99. The zero-order valence-electron chi connectivity index (χ0n) is 10.3. The molecule has 100 valence electrons. The monoisotopic (exact) mass is 305 g/mol. The minimum absolute atomic E-state index is 0.0667. The van der Waals surface area contributed by atoms with Crippen molar-refractivity contribution in [3.63, 3.8) is 0 Å². The van der Waals surface area contributed by atoms with Gasteiger partial charge in [-0.2, -0.15) is 5.26 Å². The van der Waals surface area contributed by atoms with E-state index >= 15 is 0 Å². The number of carbonyl (C=O) groups is 1. The maximum Gasteiger partial charge on any atom is 0.340 e. The van der Waals surface area contributed by atoms with Crippen LogP contribution in [0.25, 0.3) is 0 Å². The minimum atomic E-state index is -0.556. The first kappa shape index (κ1) is 14.4. The Kier molecular flexibility index (Phi) is 4.62. The Hall–Kier alpha value is -2.02. The molecular formula is C15H9Cl2NO2. The summed E-state index contributed by atoms with van der Waals surface area (Å²) >= 11 is 11.8. The molecule has 0 aromatic heterocycles. The minimum Gasteiger partial charge on any atom is -0.457 e. The van der Waals surface area contributed by atoms with E-state index in [1.54, 1.807) is 42.5 Å². The lowest BCUT2D eigenvalue weighted by molar-refractivity contribution is 0.0473. The van der Waals surface area contributed by atoms with Crippen LogP contribution in [0.4, 0.5) is 0 Å². The van der Waals surface area contributed by atoms with Crippen LogP contribution in [0.1, 0.15) is 21.5 Å². The Balaban J connectivity index is 2.09. The summed E-state index contributed by atoms with van der Waals surface area (Å²) in [5.74, 6) is -0.556. The Labute approximate surface area is 126 Å². The first-order chi connectivity index (χ1) is 9.61. The highest BCUT2D eigenvalue weighted by Crippen LogP contribution is 2.26. The quantitative estimate of drug-likeness (QED) is 0.798. The van der Waals surface area contributed by atoms with Crippen molar-refractivity contribution < 1.29 is 9.53 Å². The summed E-state index contributed by atoms with van der Waals surface area (Å²) in [7, 11) is 0. The Morgan fingerprint density at radius 2 is 1.95 bits per heavy atom. The standard InChI is InChI=1S/C15H9Cl2NO2/c16-13-6-2-5-12(14(13)17)15(19)20-9-11-4-1-3-10(7-11)8-18/h1-7H,9H2. The highest BCUT2D eigenvalue weighted by atomic mass is 35.5. The van der Waals surface area contributed by atoms with Crippen molar-refractivity contribution in [3.05, 3.63) is 69.2 Å². The predicted molar refractivity (Wildman–Crippen MR) is 76.7 cm³/mol. The van der Waals surface area contributed by atoms with Crippen molar-refractivity contribution in [1.29, 1.82) is 5.26 Å². The summed E-state index contributed by atoms with van der Waals surface area (Å²) in [6, 6.07) is 13.6. The van der Waals surface area contributed by atoms with Gasteiger partial charge in [-0.05, 0) is 29.8 Å². The number of benzene rings is 2. The van der Waals surface area contributed by atoms with Gasteiger partial charge in [-0.3, -0.25) is 0 Å². The van der Waals surface area contributed by atoms with Crippen LogP contribution in [0.5, 0.6) is 0 Å². The van der Waals surface area contributed by atoms with Gasteiger partial charge < -0.3 is 4.74 Å². The Morgan fingerprint density at radius 3 is 2.70 bits per heavy atom. The van der Waals surface area contributed by atoms with Crippen LogP contribution in [0, 0.1) is 11.3 Å². The first-order valence-electron chi connectivity index (χ1n) is 5.72. The predicted octanol–water partition coefficient (Wildman–Crippen LogP) is 4.22. The lowest BCUT2D eigenvalue weighted by atomic mass is 10.1. The average molecular weight is 306 g/mol. The summed E-state index contributed by atoms with van der Waals surface area (Å²) < 4.78 is 5.16. The van der Waals surface area contributed by atoms with Crippen LogP contribution in [-0.2, 0) is 11.3 Å². The van der Waals surface area contributed by atoms with Crippen LogP contribution < -0.4 is 0 Å². The van der Waals surface area contributed by atoms with E-state index in [1.165, 1.54) is 0 Å². The highest BCUT2D eigenvalue weighted by Gasteiger charge is 2.14. The molecule has 0 saturated heterocycles. The molecule has 0 atom stereocenters. The zero-order chi connectivity index (χ0) is 14.5. The summed E-state index contributed by atoms with van der Waals surface area (Å²) in [4.78, 5) is 11.9. The van der Waals surface area contributed by atoms with Crippen molar-refractivity contribution in [2.45, 2.75) is 6.61 Å².